The molecule has 92 valence electrons. The van der Waals surface area contributed by atoms with E-state index in [0.29, 0.717) is 5.56 Å². The first kappa shape index (κ1) is 13.0. The van der Waals surface area contributed by atoms with Crippen molar-refractivity contribution < 1.29 is 23.8 Å². The lowest BCUT2D eigenvalue weighted by Crippen LogP contribution is -2.26. The number of carbonyl (C=O) groups is 1. The molecule has 0 radical (unpaired) electrons. The molecular weight excluding hydrogens is 232 g/mol. The Kier molecular flexibility index (Phi) is 4.45. The molecule has 0 saturated heterocycles. The fraction of sp³-hybridized carbons (Fsp3) is 0.182. The molecule has 0 bridgehead atoms. The van der Waals surface area contributed by atoms with Gasteiger partial charge in [0.1, 0.15) is 0 Å². The van der Waals surface area contributed by atoms with Gasteiger partial charge >= 0.3 is 0 Å². The molecule has 4 nitrogen and oxygen atoms in total. The number of phenols is 2. The molecule has 1 amide bonds. The van der Waals surface area contributed by atoms with E-state index in [4.69, 9.17) is 10.2 Å². The molecule has 0 atom stereocenters. The van der Waals surface area contributed by atoms with Crippen LogP contribution in [0.15, 0.2) is 24.3 Å². The number of rotatable bonds is 4. The zero-order valence-electron chi connectivity index (χ0n) is 8.73. The first-order chi connectivity index (χ1) is 7.99. The van der Waals surface area contributed by atoms with E-state index in [2.05, 4.69) is 0 Å². The van der Waals surface area contributed by atoms with Crippen molar-refractivity contribution in [2.45, 2.75) is 6.43 Å². The van der Waals surface area contributed by atoms with E-state index in [-0.39, 0.29) is 11.5 Å². The predicted molar refractivity (Wildman–Crippen MR) is 57.8 cm³/mol. The number of amides is 1. The first-order valence-corrected chi connectivity index (χ1v) is 4.75. The van der Waals surface area contributed by atoms with Gasteiger partial charge in [0.15, 0.2) is 11.5 Å². The summed E-state index contributed by atoms with van der Waals surface area (Å²) in [5, 5.41) is 20.2. The molecular formula is C11H11F2NO3. The summed E-state index contributed by atoms with van der Waals surface area (Å²) in [6.07, 6.45) is -0.196. The minimum absolute atomic E-state index is 0.274. The van der Waals surface area contributed by atoms with E-state index in [9.17, 15) is 13.6 Å². The second-order valence-corrected chi connectivity index (χ2v) is 3.22. The van der Waals surface area contributed by atoms with Gasteiger partial charge in [0.25, 0.3) is 6.43 Å². The number of halogens is 2. The Bertz CT molecular complexity index is 433. The summed E-state index contributed by atoms with van der Waals surface area (Å²) in [4.78, 5) is 11.0. The van der Waals surface area contributed by atoms with E-state index >= 15 is 0 Å². The fourth-order valence-corrected chi connectivity index (χ4v) is 1.05. The molecule has 0 saturated carbocycles. The topological polar surface area (TPSA) is 69.6 Å². The summed E-state index contributed by atoms with van der Waals surface area (Å²) < 4.78 is 23.5. The average Bonchev–Trinajstić information content (AvgIpc) is 2.28. The molecule has 6 heteroatoms. The van der Waals surface area contributed by atoms with Gasteiger partial charge < -0.3 is 15.5 Å². The van der Waals surface area contributed by atoms with Gasteiger partial charge in [0, 0.05) is 6.08 Å². The highest BCUT2D eigenvalue weighted by atomic mass is 19.3. The third kappa shape index (κ3) is 4.50. The highest BCUT2D eigenvalue weighted by molar-refractivity contribution is 5.91. The second-order valence-electron chi connectivity index (χ2n) is 3.22. The summed E-state index contributed by atoms with van der Waals surface area (Å²) in [5.74, 6) is -1.25. The van der Waals surface area contributed by atoms with Crippen LogP contribution in [0.25, 0.3) is 6.08 Å². The molecule has 3 N–H and O–H groups in total. The number of alkyl halides is 2. The van der Waals surface area contributed by atoms with Crippen molar-refractivity contribution >= 4 is 12.0 Å². The quantitative estimate of drug-likeness (QED) is 0.554. The molecule has 0 fully saturated rings. The molecule has 0 aliphatic rings. The summed E-state index contributed by atoms with van der Waals surface area (Å²) >= 11 is 0. The van der Waals surface area contributed by atoms with Crippen LogP contribution in [0.1, 0.15) is 5.56 Å². The van der Waals surface area contributed by atoms with Crippen molar-refractivity contribution in [1.82, 2.24) is 5.32 Å². The van der Waals surface area contributed by atoms with Crippen LogP contribution in [0.2, 0.25) is 0 Å². The Labute approximate surface area is 96.2 Å². The minimum atomic E-state index is -2.59. The predicted octanol–water partition coefficient (Wildman–Crippen LogP) is 1.49. The molecule has 17 heavy (non-hydrogen) atoms. The van der Waals surface area contributed by atoms with Crippen LogP contribution in [-0.4, -0.2) is 29.1 Å². The third-order valence-electron chi connectivity index (χ3n) is 1.86. The molecule has 0 spiro atoms. The Hall–Kier alpha value is -2.11. The van der Waals surface area contributed by atoms with E-state index in [1.165, 1.54) is 24.3 Å². The maximum atomic E-state index is 11.8. The highest BCUT2D eigenvalue weighted by Gasteiger charge is 2.03. The summed E-state index contributed by atoms with van der Waals surface area (Å²) in [5.41, 5.74) is 0.465. The normalized spacial score (nSPS) is 11.0. The van der Waals surface area contributed by atoms with Gasteiger partial charge in [-0.3, -0.25) is 4.79 Å². The lowest BCUT2D eigenvalue weighted by molar-refractivity contribution is -0.117. The van der Waals surface area contributed by atoms with Gasteiger partial charge in [-0.05, 0) is 23.8 Å². The molecule has 0 aliphatic carbocycles. The van der Waals surface area contributed by atoms with E-state index in [0.717, 1.165) is 6.08 Å². The van der Waals surface area contributed by atoms with E-state index in [1.54, 1.807) is 0 Å². The molecule has 1 rings (SSSR count). The van der Waals surface area contributed by atoms with E-state index in [1.807, 2.05) is 5.32 Å². The Morgan fingerprint density at radius 3 is 2.65 bits per heavy atom. The number of aromatic hydroxyl groups is 2. The van der Waals surface area contributed by atoms with Crippen molar-refractivity contribution in [1.29, 1.82) is 0 Å². The van der Waals surface area contributed by atoms with Crippen LogP contribution in [0.3, 0.4) is 0 Å². The number of hydrogen-bond acceptors (Lipinski definition) is 3. The zero-order chi connectivity index (χ0) is 12.8. The van der Waals surface area contributed by atoms with Gasteiger partial charge in [0.05, 0.1) is 6.54 Å². The molecule has 1 aromatic rings. The van der Waals surface area contributed by atoms with Crippen molar-refractivity contribution in [2.24, 2.45) is 0 Å². The van der Waals surface area contributed by atoms with Crippen LogP contribution >= 0.6 is 0 Å². The van der Waals surface area contributed by atoms with Crippen LogP contribution in [0.5, 0.6) is 11.5 Å². The van der Waals surface area contributed by atoms with Gasteiger partial charge in [-0.2, -0.15) is 0 Å². The van der Waals surface area contributed by atoms with Gasteiger partial charge in [0.2, 0.25) is 5.91 Å². The van der Waals surface area contributed by atoms with Crippen molar-refractivity contribution in [2.75, 3.05) is 6.54 Å². The smallest absolute Gasteiger partial charge is 0.255 e. The molecule has 1 aromatic carbocycles. The molecule has 0 aliphatic heterocycles. The zero-order valence-corrected chi connectivity index (χ0v) is 8.73. The van der Waals surface area contributed by atoms with Crippen LogP contribution in [0, 0.1) is 0 Å². The Morgan fingerprint density at radius 1 is 1.35 bits per heavy atom. The van der Waals surface area contributed by atoms with Gasteiger partial charge in [-0.25, -0.2) is 8.78 Å². The van der Waals surface area contributed by atoms with Crippen molar-refractivity contribution in [3.63, 3.8) is 0 Å². The van der Waals surface area contributed by atoms with Crippen LogP contribution < -0.4 is 5.32 Å². The van der Waals surface area contributed by atoms with Gasteiger partial charge in [-0.1, -0.05) is 6.07 Å². The monoisotopic (exact) mass is 243 g/mol. The summed E-state index contributed by atoms with van der Waals surface area (Å²) in [6, 6.07) is 3.96. The molecule has 0 aromatic heterocycles. The number of phenolic OH excluding ortho intramolecular Hbond substituents is 2. The van der Waals surface area contributed by atoms with E-state index < -0.39 is 18.9 Å². The summed E-state index contributed by atoms with van der Waals surface area (Å²) in [6.45, 7) is -0.704. The first-order valence-electron chi connectivity index (χ1n) is 4.75. The van der Waals surface area contributed by atoms with Crippen molar-refractivity contribution in [3.05, 3.63) is 29.8 Å². The average molecular weight is 243 g/mol. The maximum Gasteiger partial charge on any atom is 0.255 e. The standard InChI is InChI=1S/C11H11F2NO3/c12-10(13)6-14-11(17)4-2-7-1-3-8(15)9(16)5-7/h1-5,10,15-16H,6H2,(H,14,17)/b4-2+. The lowest BCUT2D eigenvalue weighted by Gasteiger charge is -2.00. The van der Waals surface area contributed by atoms with Gasteiger partial charge in [-0.15, -0.1) is 0 Å². The summed E-state index contributed by atoms with van der Waals surface area (Å²) in [7, 11) is 0. The SMILES string of the molecule is O=C(/C=C/c1ccc(O)c(O)c1)NCC(F)F. The number of hydrogen-bond donors (Lipinski definition) is 3. The maximum absolute atomic E-state index is 11.8. The largest absolute Gasteiger partial charge is 0.504 e. The minimum Gasteiger partial charge on any atom is -0.504 e. The highest BCUT2D eigenvalue weighted by Crippen LogP contribution is 2.25. The molecule has 0 unspecified atom stereocenters. The Morgan fingerprint density at radius 2 is 2.06 bits per heavy atom. The van der Waals surface area contributed by atoms with Crippen molar-refractivity contribution in [3.8, 4) is 11.5 Å². The lowest BCUT2D eigenvalue weighted by atomic mass is 10.2. The fourth-order valence-electron chi connectivity index (χ4n) is 1.05. The molecule has 0 heterocycles. The number of benzene rings is 1. The second kappa shape index (κ2) is 5.83. The third-order valence-corrected chi connectivity index (χ3v) is 1.86. The van der Waals surface area contributed by atoms with Crippen LogP contribution in [0.4, 0.5) is 8.78 Å². The number of nitrogens with one attached hydrogen (secondary N) is 1. The van der Waals surface area contributed by atoms with Crippen LogP contribution in [-0.2, 0) is 4.79 Å². The number of carbonyl (C=O) groups excluding carboxylic acids is 1. The Balaban J connectivity index is 2.58.